The number of carbonyl (C=O) groups excluding carboxylic acids is 1. The smallest absolute Gasteiger partial charge is 0.329 e. The van der Waals surface area contributed by atoms with Gasteiger partial charge in [-0.3, -0.25) is 0 Å². The SMILES string of the molecule is CCC(CC)N(CCOC)C(=O)NC(CC)(CC)C(=O)O. The minimum atomic E-state index is -1.20. The molecule has 6 nitrogen and oxygen atoms in total. The molecule has 0 atom stereocenters. The molecule has 0 spiro atoms. The number of urea groups is 1. The zero-order chi connectivity index (χ0) is 16.5. The van der Waals surface area contributed by atoms with Gasteiger partial charge in [-0.25, -0.2) is 9.59 Å². The average molecular weight is 302 g/mol. The molecule has 21 heavy (non-hydrogen) atoms. The van der Waals surface area contributed by atoms with Gasteiger partial charge in [0.2, 0.25) is 0 Å². The number of carboxylic acid groups (broad SMARTS) is 1. The van der Waals surface area contributed by atoms with Gasteiger partial charge in [0, 0.05) is 19.7 Å². The van der Waals surface area contributed by atoms with Crippen LogP contribution in [-0.4, -0.2) is 53.8 Å². The van der Waals surface area contributed by atoms with Crippen LogP contribution in [0, 0.1) is 0 Å². The number of amides is 2. The van der Waals surface area contributed by atoms with Crippen molar-refractivity contribution >= 4 is 12.0 Å². The molecule has 0 bridgehead atoms. The molecule has 0 aliphatic rings. The summed E-state index contributed by atoms with van der Waals surface area (Å²) in [4.78, 5) is 25.7. The van der Waals surface area contributed by atoms with Crippen molar-refractivity contribution in [2.24, 2.45) is 0 Å². The summed E-state index contributed by atoms with van der Waals surface area (Å²) >= 11 is 0. The highest BCUT2D eigenvalue weighted by atomic mass is 16.5. The van der Waals surface area contributed by atoms with E-state index in [1.54, 1.807) is 25.9 Å². The Labute approximate surface area is 127 Å². The predicted molar refractivity (Wildman–Crippen MR) is 82.4 cm³/mol. The summed E-state index contributed by atoms with van der Waals surface area (Å²) in [5, 5.41) is 12.1. The van der Waals surface area contributed by atoms with E-state index in [-0.39, 0.29) is 12.1 Å². The molecule has 0 unspecified atom stereocenters. The third-order valence-corrected chi connectivity index (χ3v) is 4.14. The molecule has 0 rings (SSSR count). The van der Waals surface area contributed by atoms with Gasteiger partial charge in [-0.2, -0.15) is 0 Å². The summed E-state index contributed by atoms with van der Waals surface area (Å²) in [6, 6.07) is -0.243. The van der Waals surface area contributed by atoms with E-state index in [1.165, 1.54) is 0 Å². The first kappa shape index (κ1) is 19.7. The Morgan fingerprint density at radius 3 is 2.05 bits per heavy atom. The number of aliphatic carboxylic acids is 1. The van der Waals surface area contributed by atoms with Crippen molar-refractivity contribution in [2.45, 2.75) is 65.0 Å². The molecule has 0 radical (unpaired) electrons. The number of nitrogens with one attached hydrogen (secondary N) is 1. The van der Waals surface area contributed by atoms with Crippen molar-refractivity contribution in [3.63, 3.8) is 0 Å². The summed E-state index contributed by atoms with van der Waals surface area (Å²) in [5.74, 6) is -0.989. The molecule has 0 aliphatic carbocycles. The molecule has 0 fully saturated rings. The van der Waals surface area contributed by atoms with Gasteiger partial charge in [-0.1, -0.05) is 27.7 Å². The summed E-state index contributed by atoms with van der Waals surface area (Å²) in [5.41, 5.74) is -1.20. The normalized spacial score (nSPS) is 11.5. The van der Waals surface area contributed by atoms with E-state index < -0.39 is 11.5 Å². The van der Waals surface area contributed by atoms with Gasteiger partial charge in [0.05, 0.1) is 6.61 Å². The van der Waals surface area contributed by atoms with Crippen LogP contribution in [0.4, 0.5) is 4.79 Å². The van der Waals surface area contributed by atoms with Gasteiger partial charge in [0.25, 0.3) is 0 Å². The Morgan fingerprint density at radius 2 is 1.71 bits per heavy atom. The van der Waals surface area contributed by atoms with Crippen LogP contribution in [0.1, 0.15) is 53.4 Å². The second kappa shape index (κ2) is 9.60. The number of carboxylic acids is 1. The summed E-state index contributed by atoms with van der Waals surface area (Å²) < 4.78 is 5.05. The van der Waals surface area contributed by atoms with Gasteiger partial charge >= 0.3 is 12.0 Å². The largest absolute Gasteiger partial charge is 0.480 e. The molecule has 124 valence electrons. The van der Waals surface area contributed by atoms with Crippen molar-refractivity contribution in [3.05, 3.63) is 0 Å². The van der Waals surface area contributed by atoms with Gasteiger partial charge in [-0.15, -0.1) is 0 Å². The highest BCUT2D eigenvalue weighted by molar-refractivity contribution is 5.86. The molecular formula is C15H30N2O4. The Kier molecular flexibility index (Phi) is 9.01. The highest BCUT2D eigenvalue weighted by Crippen LogP contribution is 2.17. The first-order valence-electron chi connectivity index (χ1n) is 7.73. The number of ether oxygens (including phenoxy) is 1. The van der Waals surface area contributed by atoms with Crippen LogP contribution < -0.4 is 5.32 Å². The number of hydrogen-bond donors (Lipinski definition) is 2. The van der Waals surface area contributed by atoms with Crippen molar-refractivity contribution in [2.75, 3.05) is 20.3 Å². The van der Waals surface area contributed by atoms with Crippen molar-refractivity contribution < 1.29 is 19.4 Å². The van der Waals surface area contributed by atoms with Crippen LogP contribution >= 0.6 is 0 Å². The quantitative estimate of drug-likeness (QED) is 0.650. The van der Waals surface area contributed by atoms with E-state index in [0.29, 0.717) is 26.0 Å². The Morgan fingerprint density at radius 1 is 1.19 bits per heavy atom. The molecule has 2 N–H and O–H groups in total. The summed E-state index contributed by atoms with van der Waals surface area (Å²) in [6.07, 6.45) is 2.36. The maximum Gasteiger partial charge on any atom is 0.329 e. The highest BCUT2D eigenvalue weighted by Gasteiger charge is 2.38. The molecular weight excluding hydrogens is 272 g/mol. The minimum absolute atomic E-state index is 0.0837. The molecule has 0 saturated heterocycles. The lowest BCUT2D eigenvalue weighted by atomic mass is 9.93. The van der Waals surface area contributed by atoms with Crippen LogP contribution in [0.3, 0.4) is 0 Å². The Hall–Kier alpha value is -1.30. The first-order chi connectivity index (χ1) is 9.92. The third-order valence-electron chi connectivity index (χ3n) is 4.14. The van der Waals surface area contributed by atoms with E-state index in [4.69, 9.17) is 4.74 Å². The lowest BCUT2D eigenvalue weighted by Gasteiger charge is -2.35. The lowest BCUT2D eigenvalue weighted by molar-refractivity contribution is -0.144. The van der Waals surface area contributed by atoms with Crippen LogP contribution in [0.15, 0.2) is 0 Å². The number of hydrogen-bond acceptors (Lipinski definition) is 3. The molecule has 0 saturated carbocycles. The molecule has 2 amide bonds. The third kappa shape index (κ3) is 5.19. The zero-order valence-corrected chi connectivity index (χ0v) is 13.9. The summed E-state index contributed by atoms with van der Waals surface area (Å²) in [6.45, 7) is 8.47. The van der Waals surface area contributed by atoms with Crippen molar-refractivity contribution in [3.8, 4) is 0 Å². The standard InChI is InChI=1S/C15H30N2O4/c1-6-12(7-2)17(10-11-21-5)14(20)16-15(8-3,9-4)13(18)19/h12H,6-11H2,1-5H3,(H,16,20)(H,18,19). The van der Waals surface area contributed by atoms with Crippen LogP contribution in [0.5, 0.6) is 0 Å². The monoisotopic (exact) mass is 302 g/mol. The van der Waals surface area contributed by atoms with Crippen LogP contribution in [0.2, 0.25) is 0 Å². The number of carbonyl (C=O) groups is 2. The maximum absolute atomic E-state index is 12.5. The zero-order valence-electron chi connectivity index (χ0n) is 13.9. The van der Waals surface area contributed by atoms with E-state index in [2.05, 4.69) is 5.32 Å². The molecule has 0 heterocycles. The minimum Gasteiger partial charge on any atom is -0.480 e. The molecule has 0 aromatic heterocycles. The van der Waals surface area contributed by atoms with Crippen molar-refractivity contribution in [1.29, 1.82) is 0 Å². The van der Waals surface area contributed by atoms with Gasteiger partial charge in [0.1, 0.15) is 5.54 Å². The van der Waals surface area contributed by atoms with Gasteiger partial charge in [-0.05, 0) is 25.7 Å². The van der Waals surface area contributed by atoms with Crippen molar-refractivity contribution in [1.82, 2.24) is 10.2 Å². The fraction of sp³-hybridized carbons (Fsp3) is 0.867. The lowest BCUT2D eigenvalue weighted by Crippen LogP contribution is -2.59. The van der Waals surface area contributed by atoms with Gasteiger partial charge in [0.15, 0.2) is 0 Å². The number of rotatable bonds is 10. The Bertz CT molecular complexity index is 326. The van der Waals surface area contributed by atoms with Crippen LogP contribution in [-0.2, 0) is 9.53 Å². The molecule has 0 aliphatic heterocycles. The molecule has 6 heteroatoms. The fourth-order valence-electron chi connectivity index (χ4n) is 2.43. The number of nitrogens with zero attached hydrogens (tertiary/aromatic N) is 1. The van der Waals surface area contributed by atoms with E-state index >= 15 is 0 Å². The second-order valence-corrected chi connectivity index (χ2v) is 5.18. The summed E-state index contributed by atoms with van der Waals surface area (Å²) in [7, 11) is 1.59. The first-order valence-corrected chi connectivity index (χ1v) is 7.73. The predicted octanol–water partition coefficient (Wildman–Crippen LogP) is 2.48. The second-order valence-electron chi connectivity index (χ2n) is 5.18. The molecule has 0 aromatic rings. The van der Waals surface area contributed by atoms with E-state index in [0.717, 1.165) is 12.8 Å². The maximum atomic E-state index is 12.5. The van der Waals surface area contributed by atoms with Crippen LogP contribution in [0.25, 0.3) is 0 Å². The number of methoxy groups -OCH3 is 1. The Balaban J connectivity index is 5.14. The van der Waals surface area contributed by atoms with E-state index in [1.807, 2.05) is 13.8 Å². The van der Waals surface area contributed by atoms with E-state index in [9.17, 15) is 14.7 Å². The molecule has 0 aromatic carbocycles. The van der Waals surface area contributed by atoms with Gasteiger partial charge < -0.3 is 20.1 Å². The topological polar surface area (TPSA) is 78.9 Å². The average Bonchev–Trinajstić information content (AvgIpc) is 2.48. The fourth-order valence-corrected chi connectivity index (χ4v) is 2.43.